The highest BCUT2D eigenvalue weighted by molar-refractivity contribution is 7.88. The Morgan fingerprint density at radius 2 is 2.19 bits per heavy atom. The van der Waals surface area contributed by atoms with E-state index < -0.39 is 16.3 Å². The number of hydrogen-bond acceptors (Lipinski definition) is 5. The molecule has 1 aliphatic heterocycles. The van der Waals surface area contributed by atoms with E-state index >= 15 is 0 Å². The maximum absolute atomic E-state index is 11.4. The van der Waals surface area contributed by atoms with Crippen LogP contribution in [-0.2, 0) is 14.9 Å². The lowest BCUT2D eigenvalue weighted by molar-refractivity contribution is 0.121. The molecule has 0 aliphatic carbocycles. The minimum Gasteiger partial charge on any atom is -0.446 e. The summed E-state index contributed by atoms with van der Waals surface area (Å²) in [6.45, 7) is 4.62. The fourth-order valence-corrected chi connectivity index (χ4v) is 2.32. The van der Waals surface area contributed by atoms with Gasteiger partial charge >= 0.3 is 16.3 Å². The first-order valence-corrected chi connectivity index (χ1v) is 6.59. The molecule has 0 saturated carbocycles. The summed E-state index contributed by atoms with van der Waals surface area (Å²) in [6, 6.07) is -0.177. The predicted octanol–water partition coefficient (Wildman–Crippen LogP) is -0.683. The Labute approximate surface area is 95.1 Å². The van der Waals surface area contributed by atoms with E-state index in [0.29, 0.717) is 13.0 Å². The summed E-state index contributed by atoms with van der Waals surface area (Å²) in [6.07, 6.45) is -0.614. The largest absolute Gasteiger partial charge is 0.446 e. The summed E-state index contributed by atoms with van der Waals surface area (Å²) >= 11 is 0. The Hall–Kier alpha value is -0.860. The van der Waals surface area contributed by atoms with Crippen LogP contribution in [0.25, 0.3) is 0 Å². The van der Waals surface area contributed by atoms with Gasteiger partial charge in [0.2, 0.25) is 0 Å². The first-order chi connectivity index (χ1) is 7.39. The predicted molar refractivity (Wildman–Crippen MR) is 58.1 cm³/mol. The molecule has 7 nitrogen and oxygen atoms in total. The number of carbonyl (C=O) groups excluding carboxylic acids is 1. The number of ether oxygens (including phenoxy) is 1. The molecule has 8 heteroatoms. The summed E-state index contributed by atoms with van der Waals surface area (Å²) < 4.78 is 31.7. The fourth-order valence-electron chi connectivity index (χ4n) is 1.35. The van der Waals surface area contributed by atoms with Crippen molar-refractivity contribution in [1.82, 2.24) is 14.8 Å². The van der Waals surface area contributed by atoms with Crippen molar-refractivity contribution in [1.29, 1.82) is 0 Å². The lowest BCUT2D eigenvalue weighted by Gasteiger charge is -2.13. The van der Waals surface area contributed by atoms with Crippen LogP contribution in [-0.4, -0.2) is 39.7 Å². The third kappa shape index (κ3) is 4.77. The lowest BCUT2D eigenvalue weighted by Crippen LogP contribution is -2.46. The Morgan fingerprint density at radius 3 is 2.69 bits per heavy atom. The van der Waals surface area contributed by atoms with Gasteiger partial charge in [-0.15, -0.1) is 0 Å². The van der Waals surface area contributed by atoms with E-state index in [-0.39, 0.29) is 12.1 Å². The van der Waals surface area contributed by atoms with E-state index in [1.165, 1.54) is 0 Å². The monoisotopic (exact) mass is 251 g/mol. The molecule has 0 aromatic carbocycles. The molecule has 0 aromatic heterocycles. The van der Waals surface area contributed by atoms with Gasteiger partial charge in [-0.05, 0) is 26.8 Å². The number of rotatable bonds is 4. The summed E-state index contributed by atoms with van der Waals surface area (Å²) in [5.41, 5.74) is 0. The molecule has 0 aromatic rings. The molecule has 0 spiro atoms. The summed E-state index contributed by atoms with van der Waals surface area (Å²) in [7, 11) is -3.82. The van der Waals surface area contributed by atoms with Crippen LogP contribution in [0.15, 0.2) is 0 Å². The van der Waals surface area contributed by atoms with Crippen LogP contribution in [0.4, 0.5) is 4.79 Å². The van der Waals surface area contributed by atoms with Crippen molar-refractivity contribution in [2.45, 2.75) is 32.4 Å². The van der Waals surface area contributed by atoms with E-state index in [4.69, 9.17) is 0 Å². The third-order valence-electron chi connectivity index (χ3n) is 1.94. The van der Waals surface area contributed by atoms with Crippen molar-refractivity contribution >= 4 is 16.3 Å². The molecule has 1 atom stereocenters. The van der Waals surface area contributed by atoms with Crippen molar-refractivity contribution in [2.75, 3.05) is 13.1 Å². The molecule has 0 unspecified atom stereocenters. The zero-order chi connectivity index (χ0) is 12.2. The van der Waals surface area contributed by atoms with E-state index in [1.807, 2.05) is 0 Å². The Morgan fingerprint density at radius 1 is 1.50 bits per heavy atom. The molecule has 1 fully saturated rings. The maximum Gasteiger partial charge on any atom is 0.422 e. The molecule has 16 heavy (non-hydrogen) atoms. The molecule has 1 amide bonds. The molecule has 94 valence electrons. The van der Waals surface area contributed by atoms with Gasteiger partial charge in [0, 0.05) is 12.6 Å². The Kier molecular flexibility index (Phi) is 4.51. The van der Waals surface area contributed by atoms with Crippen LogP contribution in [0.2, 0.25) is 0 Å². The second kappa shape index (κ2) is 5.46. The number of hydrogen-bond donors (Lipinski definition) is 3. The molecule has 1 heterocycles. The van der Waals surface area contributed by atoms with Crippen molar-refractivity contribution in [3.63, 3.8) is 0 Å². The average Bonchev–Trinajstić information content (AvgIpc) is 2.51. The fraction of sp³-hybridized carbons (Fsp3) is 0.875. The number of nitrogens with one attached hydrogen (secondary N) is 3. The topological polar surface area (TPSA) is 96.5 Å². The van der Waals surface area contributed by atoms with Gasteiger partial charge in [-0.1, -0.05) is 0 Å². The third-order valence-corrected chi connectivity index (χ3v) is 3.02. The lowest BCUT2D eigenvalue weighted by atomic mass is 10.3. The highest BCUT2D eigenvalue weighted by Crippen LogP contribution is 1.99. The van der Waals surface area contributed by atoms with Crippen molar-refractivity contribution in [2.24, 2.45) is 0 Å². The van der Waals surface area contributed by atoms with Gasteiger partial charge in [-0.3, -0.25) is 0 Å². The quantitative estimate of drug-likeness (QED) is 0.615. The van der Waals surface area contributed by atoms with Gasteiger partial charge in [0.25, 0.3) is 0 Å². The second-order valence-corrected chi connectivity index (χ2v) is 5.31. The van der Waals surface area contributed by atoms with E-state index in [9.17, 15) is 13.2 Å². The molecular weight excluding hydrogens is 234 g/mol. The molecule has 1 rings (SSSR count). The Bertz CT molecular complexity index is 335. The molecule has 1 aliphatic rings. The van der Waals surface area contributed by atoms with Gasteiger partial charge in [-0.2, -0.15) is 13.1 Å². The van der Waals surface area contributed by atoms with E-state index in [1.54, 1.807) is 18.6 Å². The smallest absolute Gasteiger partial charge is 0.422 e. The number of amides is 1. The SMILES string of the molecule is CC(C)OC(=O)NS(=O)(=O)N[C@@H]1CCNC1. The summed E-state index contributed by atoms with van der Waals surface area (Å²) in [4.78, 5) is 11.1. The molecule has 0 radical (unpaired) electrons. The normalized spacial score (nSPS) is 21.1. The van der Waals surface area contributed by atoms with E-state index in [2.05, 4.69) is 14.8 Å². The van der Waals surface area contributed by atoms with Crippen molar-refractivity contribution in [3.8, 4) is 0 Å². The first kappa shape index (κ1) is 13.2. The van der Waals surface area contributed by atoms with Crippen LogP contribution >= 0.6 is 0 Å². The second-order valence-electron chi connectivity index (χ2n) is 3.87. The average molecular weight is 251 g/mol. The molecule has 3 N–H and O–H groups in total. The van der Waals surface area contributed by atoms with Crippen LogP contribution in [0.5, 0.6) is 0 Å². The molecule has 1 saturated heterocycles. The number of carbonyl (C=O) groups is 1. The van der Waals surface area contributed by atoms with Crippen LogP contribution < -0.4 is 14.8 Å². The molecule has 0 bridgehead atoms. The van der Waals surface area contributed by atoms with Crippen molar-refractivity contribution < 1.29 is 17.9 Å². The van der Waals surface area contributed by atoms with Crippen LogP contribution in [0.1, 0.15) is 20.3 Å². The summed E-state index contributed by atoms with van der Waals surface area (Å²) in [5.74, 6) is 0. The minimum atomic E-state index is -3.82. The van der Waals surface area contributed by atoms with Gasteiger partial charge in [-0.25, -0.2) is 9.52 Å². The van der Waals surface area contributed by atoms with Crippen molar-refractivity contribution in [3.05, 3.63) is 0 Å². The highest BCUT2D eigenvalue weighted by Gasteiger charge is 2.23. The van der Waals surface area contributed by atoms with Gasteiger partial charge < -0.3 is 10.1 Å². The summed E-state index contributed by atoms with van der Waals surface area (Å²) in [5, 5.41) is 3.01. The van der Waals surface area contributed by atoms with Crippen LogP contribution in [0, 0.1) is 0 Å². The standard InChI is InChI=1S/C8H17N3O4S/c1-6(2)15-8(12)11-16(13,14)10-7-3-4-9-5-7/h6-7,9-10H,3-5H2,1-2H3,(H,11,12)/t7-/m1/s1. The van der Waals surface area contributed by atoms with Gasteiger partial charge in [0.15, 0.2) is 0 Å². The Balaban J connectivity index is 2.41. The van der Waals surface area contributed by atoms with Gasteiger partial charge in [0.05, 0.1) is 6.10 Å². The first-order valence-electron chi connectivity index (χ1n) is 5.10. The minimum absolute atomic E-state index is 0.177. The van der Waals surface area contributed by atoms with Gasteiger partial charge in [0.1, 0.15) is 0 Å². The molecular formula is C8H17N3O4S. The maximum atomic E-state index is 11.4. The van der Waals surface area contributed by atoms with E-state index in [0.717, 1.165) is 6.54 Å². The zero-order valence-corrected chi connectivity index (χ0v) is 10.1. The highest BCUT2D eigenvalue weighted by atomic mass is 32.2. The van der Waals surface area contributed by atoms with Crippen LogP contribution in [0.3, 0.4) is 0 Å². The zero-order valence-electron chi connectivity index (χ0n) is 9.32.